The van der Waals surface area contributed by atoms with Gasteiger partial charge in [-0.25, -0.2) is 18.2 Å². The predicted molar refractivity (Wildman–Crippen MR) is 228 cm³/mol. The second kappa shape index (κ2) is 20.0. The van der Waals surface area contributed by atoms with E-state index in [4.69, 9.17) is 28.8 Å². The van der Waals surface area contributed by atoms with E-state index in [9.17, 15) is 18.0 Å². The molecule has 0 aliphatic carbocycles. The number of ether oxygens (including phenoxy) is 5. The van der Waals surface area contributed by atoms with E-state index in [1.54, 1.807) is 60.8 Å². The molecule has 59 heavy (non-hydrogen) atoms. The van der Waals surface area contributed by atoms with Crippen molar-refractivity contribution in [1.29, 1.82) is 0 Å². The first-order valence-corrected chi connectivity index (χ1v) is 20.5. The molecule has 4 aromatic carbocycles. The van der Waals surface area contributed by atoms with Crippen molar-refractivity contribution in [2.75, 3.05) is 80.7 Å². The lowest BCUT2D eigenvalue weighted by Gasteiger charge is -2.24. The minimum atomic E-state index is -3.65. The number of sulfonamides is 1. The third-order valence-corrected chi connectivity index (χ3v) is 9.20. The minimum absolute atomic E-state index is 0.0511. The number of anilines is 5. The molecular formula is C42H50N6O10S. The molecule has 0 atom stereocenters. The SMILES string of the molecule is COc1cc(Nc2cc(Oc3ccc(NC(=O)Nc4cc(C(C)(C)C)cc(NS(C)(=O)=O)c4OC)c4ccccc34)ccn2)cc(C(=O)NCCOCCOCCO)c1. The maximum absolute atomic E-state index is 13.5. The number of aromatic nitrogens is 1. The summed E-state index contributed by atoms with van der Waals surface area (Å²) in [6.07, 6.45) is 2.63. The number of nitrogens with zero attached hydrogens (tertiary/aromatic N) is 1. The van der Waals surface area contributed by atoms with Crippen LogP contribution < -0.4 is 40.2 Å². The van der Waals surface area contributed by atoms with Crippen LogP contribution in [0.3, 0.4) is 0 Å². The number of fused-ring (bicyclic) bond motifs is 1. The molecule has 1 aromatic heterocycles. The Kier molecular flexibility index (Phi) is 14.9. The molecule has 6 N–H and O–H groups in total. The molecule has 0 bridgehead atoms. The average Bonchev–Trinajstić information content (AvgIpc) is 3.18. The summed E-state index contributed by atoms with van der Waals surface area (Å²) in [5.74, 6) is 1.74. The minimum Gasteiger partial charge on any atom is -0.497 e. The van der Waals surface area contributed by atoms with Crippen LogP contribution in [0.5, 0.6) is 23.0 Å². The van der Waals surface area contributed by atoms with E-state index in [1.807, 2.05) is 45.0 Å². The second-order valence-corrected chi connectivity index (χ2v) is 16.0. The molecule has 17 heteroatoms. The zero-order valence-electron chi connectivity index (χ0n) is 33.8. The molecule has 1 heterocycles. The Balaban J connectivity index is 1.29. The summed E-state index contributed by atoms with van der Waals surface area (Å²) in [6, 6.07) is 22.2. The number of methoxy groups -OCH3 is 2. The smallest absolute Gasteiger partial charge is 0.323 e. The molecule has 5 rings (SSSR count). The average molecular weight is 831 g/mol. The standard InChI is InChI=1S/C42H50N6O10S/c1-42(2,3)28-23-35(39(55-5)36(24-28)48-59(6,52)53)47-41(51)46-34-11-12-37(33-10-8-7-9-32(33)34)58-30-13-14-43-38(26-30)45-29-21-27(22-31(25-29)54-4)40(50)44-15-17-56-19-20-57-18-16-49/h7-14,21-26,48-49H,15-20H2,1-6H3,(H,43,45)(H,44,50)(H2,46,47,51). The van der Waals surface area contributed by atoms with Crippen LogP contribution in [0.25, 0.3) is 10.8 Å². The molecule has 5 aromatic rings. The van der Waals surface area contributed by atoms with E-state index in [0.717, 1.165) is 11.8 Å². The molecule has 16 nitrogen and oxygen atoms in total. The Morgan fingerprint density at radius 2 is 1.49 bits per heavy atom. The van der Waals surface area contributed by atoms with E-state index < -0.39 is 16.1 Å². The van der Waals surface area contributed by atoms with Gasteiger partial charge in [0.05, 0.1) is 70.6 Å². The predicted octanol–water partition coefficient (Wildman–Crippen LogP) is 6.86. The monoisotopic (exact) mass is 830 g/mol. The normalized spacial score (nSPS) is 11.4. The van der Waals surface area contributed by atoms with Gasteiger partial charge in [-0.05, 0) is 53.4 Å². The summed E-state index contributed by atoms with van der Waals surface area (Å²) in [5.41, 5.74) is 2.30. The van der Waals surface area contributed by atoms with E-state index in [2.05, 4.69) is 31.0 Å². The van der Waals surface area contributed by atoms with Crippen molar-refractivity contribution in [3.05, 3.63) is 96.2 Å². The van der Waals surface area contributed by atoms with Gasteiger partial charge >= 0.3 is 6.03 Å². The summed E-state index contributed by atoms with van der Waals surface area (Å²) in [5, 5.41) is 22.0. The van der Waals surface area contributed by atoms with Crippen molar-refractivity contribution in [1.82, 2.24) is 10.3 Å². The number of hydrogen-bond acceptors (Lipinski definition) is 12. The molecule has 0 saturated heterocycles. The maximum atomic E-state index is 13.5. The van der Waals surface area contributed by atoms with Gasteiger partial charge in [0, 0.05) is 46.9 Å². The zero-order chi connectivity index (χ0) is 42.6. The highest BCUT2D eigenvalue weighted by Crippen LogP contribution is 2.40. The Morgan fingerprint density at radius 1 is 0.780 bits per heavy atom. The molecule has 0 aliphatic heterocycles. The van der Waals surface area contributed by atoms with Crippen LogP contribution in [0, 0.1) is 0 Å². The highest BCUT2D eigenvalue weighted by atomic mass is 32.2. The fourth-order valence-corrected chi connectivity index (χ4v) is 6.41. The third kappa shape index (κ3) is 12.7. The topological polar surface area (TPSA) is 208 Å². The van der Waals surface area contributed by atoms with Gasteiger partial charge < -0.3 is 50.1 Å². The van der Waals surface area contributed by atoms with Gasteiger partial charge in [0.2, 0.25) is 10.0 Å². The van der Waals surface area contributed by atoms with Gasteiger partial charge in [-0.1, -0.05) is 45.0 Å². The Hall–Kier alpha value is -6.14. The molecule has 0 unspecified atom stereocenters. The summed E-state index contributed by atoms with van der Waals surface area (Å²) in [7, 11) is -0.744. The molecule has 0 spiro atoms. The first-order valence-electron chi connectivity index (χ1n) is 18.6. The Bertz CT molecular complexity index is 2370. The lowest BCUT2D eigenvalue weighted by molar-refractivity contribution is 0.0338. The quantitative estimate of drug-likeness (QED) is 0.0472. The van der Waals surface area contributed by atoms with Crippen LogP contribution in [0.15, 0.2) is 85.1 Å². The van der Waals surface area contributed by atoms with Gasteiger partial charge in [-0.15, -0.1) is 0 Å². The van der Waals surface area contributed by atoms with Gasteiger partial charge in [0.15, 0.2) is 5.75 Å². The highest BCUT2D eigenvalue weighted by molar-refractivity contribution is 7.92. The van der Waals surface area contributed by atoms with Crippen molar-refractivity contribution in [2.24, 2.45) is 0 Å². The Morgan fingerprint density at radius 3 is 2.19 bits per heavy atom. The first-order chi connectivity index (χ1) is 28.2. The molecular weight excluding hydrogens is 781 g/mol. The summed E-state index contributed by atoms with van der Waals surface area (Å²) in [4.78, 5) is 30.9. The second-order valence-electron chi connectivity index (χ2n) is 14.2. The lowest BCUT2D eigenvalue weighted by Crippen LogP contribution is -2.27. The molecule has 314 valence electrons. The van der Waals surface area contributed by atoms with E-state index >= 15 is 0 Å². The molecule has 0 fully saturated rings. The highest BCUT2D eigenvalue weighted by Gasteiger charge is 2.23. The number of carbonyl (C=O) groups excluding carboxylic acids is 2. The summed E-state index contributed by atoms with van der Waals surface area (Å²) in [6.45, 7) is 7.40. The van der Waals surface area contributed by atoms with Crippen LogP contribution in [-0.2, 0) is 24.9 Å². The van der Waals surface area contributed by atoms with Crippen LogP contribution in [0.1, 0.15) is 36.7 Å². The van der Waals surface area contributed by atoms with E-state index in [1.165, 1.54) is 14.2 Å². The number of amides is 3. The summed E-state index contributed by atoms with van der Waals surface area (Å²) >= 11 is 0. The third-order valence-electron chi connectivity index (χ3n) is 8.61. The number of carbonyl (C=O) groups is 2. The van der Waals surface area contributed by atoms with Gasteiger partial charge in [-0.3, -0.25) is 9.52 Å². The number of benzene rings is 4. The van der Waals surface area contributed by atoms with Crippen LogP contribution in [0.4, 0.5) is 33.4 Å². The number of pyridine rings is 1. The number of rotatable bonds is 19. The number of aliphatic hydroxyl groups excluding tert-OH is 1. The zero-order valence-corrected chi connectivity index (χ0v) is 34.6. The van der Waals surface area contributed by atoms with Crippen LogP contribution in [-0.4, -0.2) is 90.5 Å². The van der Waals surface area contributed by atoms with Gasteiger partial charge in [0.1, 0.15) is 23.1 Å². The largest absolute Gasteiger partial charge is 0.497 e. The van der Waals surface area contributed by atoms with E-state index in [0.29, 0.717) is 70.6 Å². The molecule has 0 aliphatic rings. The van der Waals surface area contributed by atoms with Crippen molar-refractivity contribution in [3.63, 3.8) is 0 Å². The molecule has 0 saturated carbocycles. The lowest BCUT2D eigenvalue weighted by atomic mass is 9.86. The van der Waals surface area contributed by atoms with Gasteiger partial charge in [-0.2, -0.15) is 0 Å². The number of aliphatic hydroxyl groups is 1. The fraction of sp³-hybridized carbons (Fsp3) is 0.310. The Labute approximate surface area is 343 Å². The fourth-order valence-electron chi connectivity index (χ4n) is 5.86. The van der Waals surface area contributed by atoms with Gasteiger partial charge in [0.25, 0.3) is 5.91 Å². The van der Waals surface area contributed by atoms with Crippen molar-refractivity contribution < 1.29 is 46.8 Å². The van der Waals surface area contributed by atoms with Crippen molar-refractivity contribution >= 4 is 61.3 Å². The van der Waals surface area contributed by atoms with Crippen LogP contribution >= 0.6 is 0 Å². The molecule has 3 amide bonds. The number of nitrogens with one attached hydrogen (secondary N) is 5. The van der Waals surface area contributed by atoms with E-state index in [-0.39, 0.29) is 48.2 Å². The maximum Gasteiger partial charge on any atom is 0.323 e. The van der Waals surface area contributed by atoms with Crippen molar-refractivity contribution in [2.45, 2.75) is 26.2 Å². The molecule has 0 radical (unpaired) electrons. The number of hydrogen-bond donors (Lipinski definition) is 6. The summed E-state index contributed by atoms with van der Waals surface area (Å²) < 4.78 is 54.8. The van der Waals surface area contributed by atoms with Crippen molar-refractivity contribution in [3.8, 4) is 23.0 Å². The first kappa shape index (κ1) is 44.0. The number of urea groups is 1. The van der Waals surface area contributed by atoms with Crippen LogP contribution in [0.2, 0.25) is 0 Å².